The first-order chi connectivity index (χ1) is 30.5. The molecule has 0 radical (unpaired) electrons. The maximum Gasteiger partial charge on any atom is 0.0674 e. The van der Waals surface area contributed by atoms with E-state index >= 15 is 0 Å². The summed E-state index contributed by atoms with van der Waals surface area (Å²) in [5, 5.41) is 6.13. The zero-order chi connectivity index (χ0) is 42.5. The topological polar surface area (TPSA) is 17.0 Å². The summed E-state index contributed by atoms with van der Waals surface area (Å²) in [6.45, 7) is 8.50. The standard InChI is InChI=1S/C31H29N.C29H25N/c1-2-3-19-28-27-20-10-11-21-29(27)31(24-14-6-4-7-15-24,25-16-8-5-9-17-25)30(28)23-26-18-12-13-22-32-26;1-4-8-25-21(3)13-17-28-29(25)26-19-23(22-14-11-20(2)12-15-22)16-18-27(26)30(28)24-9-6-5-7-10-24/h2-10,12-20,22-23,26,32H,11,21H2,1H3;4-19H,1-3H3/b3-2+,28-19-,30-23+;8-4-. The highest BCUT2D eigenvalue weighted by Crippen LogP contribution is 2.58. The highest BCUT2D eigenvalue weighted by molar-refractivity contribution is 6.14. The lowest BCUT2D eigenvalue weighted by Gasteiger charge is -2.37. The van der Waals surface area contributed by atoms with Crippen molar-refractivity contribution in [2.24, 2.45) is 0 Å². The number of para-hydroxylation sites is 1. The van der Waals surface area contributed by atoms with Crippen LogP contribution < -0.4 is 5.32 Å². The molecule has 2 heteroatoms. The second kappa shape index (κ2) is 17.8. The maximum atomic E-state index is 3.52. The lowest BCUT2D eigenvalue weighted by molar-refractivity contribution is 0.682. The highest BCUT2D eigenvalue weighted by atomic mass is 15.0. The Kier molecular flexibility index (Phi) is 11.6. The number of fused-ring (bicyclic) bond motifs is 3. The zero-order valence-corrected chi connectivity index (χ0v) is 36.2. The molecule has 6 aromatic carbocycles. The molecule has 7 aromatic rings. The number of hydrogen-bond acceptors (Lipinski definition) is 1. The number of rotatable bonds is 7. The predicted octanol–water partition coefficient (Wildman–Crippen LogP) is 15.2. The number of nitrogens with zero attached hydrogens (tertiary/aromatic N) is 1. The fourth-order valence-corrected chi connectivity index (χ4v) is 9.75. The number of nitrogens with one attached hydrogen (secondary N) is 1. The van der Waals surface area contributed by atoms with Crippen molar-refractivity contribution in [2.75, 3.05) is 0 Å². The van der Waals surface area contributed by atoms with Crippen LogP contribution in [-0.4, -0.2) is 10.6 Å². The lowest BCUT2D eigenvalue weighted by Crippen LogP contribution is -2.32. The minimum atomic E-state index is -0.299. The van der Waals surface area contributed by atoms with Crippen LogP contribution in [0.5, 0.6) is 0 Å². The Morgan fingerprint density at radius 2 is 1.37 bits per heavy atom. The predicted molar refractivity (Wildman–Crippen MR) is 266 cm³/mol. The second-order valence-electron chi connectivity index (χ2n) is 16.4. The minimum absolute atomic E-state index is 0.154. The molecule has 0 saturated heterocycles. The summed E-state index contributed by atoms with van der Waals surface area (Å²) in [7, 11) is 0. The lowest BCUT2D eigenvalue weighted by atomic mass is 9.65. The van der Waals surface area contributed by atoms with E-state index in [0.717, 1.165) is 12.8 Å². The van der Waals surface area contributed by atoms with Gasteiger partial charge in [0.25, 0.3) is 0 Å². The average Bonchev–Trinajstić information content (AvgIpc) is 3.80. The van der Waals surface area contributed by atoms with E-state index in [0.29, 0.717) is 0 Å². The molecular weight excluding hydrogens is 749 g/mol. The van der Waals surface area contributed by atoms with E-state index in [9.17, 15) is 0 Å². The molecule has 3 aliphatic rings. The van der Waals surface area contributed by atoms with E-state index in [2.05, 4.69) is 244 Å². The summed E-state index contributed by atoms with van der Waals surface area (Å²) in [4.78, 5) is 0. The van der Waals surface area contributed by atoms with Gasteiger partial charge in [0.15, 0.2) is 0 Å². The second-order valence-corrected chi connectivity index (χ2v) is 16.4. The van der Waals surface area contributed by atoms with Gasteiger partial charge in [0.05, 0.1) is 22.5 Å². The van der Waals surface area contributed by atoms with Crippen LogP contribution in [0.15, 0.2) is 235 Å². The molecule has 0 amide bonds. The Bertz CT molecular complexity index is 2940. The molecule has 1 unspecified atom stereocenters. The molecule has 0 fully saturated rings. The van der Waals surface area contributed by atoms with Crippen molar-refractivity contribution >= 4 is 27.9 Å². The fraction of sp³-hybridized carbons (Fsp3) is 0.133. The molecule has 62 heavy (non-hydrogen) atoms. The largest absolute Gasteiger partial charge is 0.381 e. The highest BCUT2D eigenvalue weighted by Gasteiger charge is 2.49. The molecule has 304 valence electrons. The van der Waals surface area contributed by atoms with Crippen molar-refractivity contribution in [2.45, 2.75) is 52.0 Å². The van der Waals surface area contributed by atoms with Crippen LogP contribution in [0.25, 0.3) is 44.7 Å². The summed E-state index contributed by atoms with van der Waals surface area (Å²) in [6, 6.07) is 53.1. The zero-order valence-electron chi connectivity index (χ0n) is 36.2. The Balaban J connectivity index is 0.000000158. The van der Waals surface area contributed by atoms with Gasteiger partial charge in [-0.05, 0) is 139 Å². The van der Waals surface area contributed by atoms with Crippen LogP contribution in [0.4, 0.5) is 0 Å². The number of aryl methyl sites for hydroxylation is 2. The van der Waals surface area contributed by atoms with Crippen LogP contribution in [0.1, 0.15) is 54.5 Å². The Labute approximate surface area is 367 Å². The average molecular weight is 803 g/mol. The summed E-state index contributed by atoms with van der Waals surface area (Å²) in [5.74, 6) is 0. The molecule has 0 bridgehead atoms. The Morgan fingerprint density at radius 1 is 0.694 bits per heavy atom. The van der Waals surface area contributed by atoms with E-state index in [1.807, 2.05) is 12.3 Å². The van der Waals surface area contributed by atoms with Crippen molar-refractivity contribution < 1.29 is 0 Å². The summed E-state index contributed by atoms with van der Waals surface area (Å²) >= 11 is 0. The van der Waals surface area contributed by atoms with Crippen molar-refractivity contribution in [3.05, 3.63) is 263 Å². The number of allylic oxidation sites excluding steroid dienone is 12. The van der Waals surface area contributed by atoms with Gasteiger partial charge in [-0.1, -0.05) is 182 Å². The number of aromatic nitrogens is 1. The third-order valence-electron chi connectivity index (χ3n) is 12.6. The third-order valence-corrected chi connectivity index (χ3v) is 12.6. The SMILES string of the molecule is C/C=C/C=C1/C2=C(CCC=C2)C(c2ccccc2)(c2ccccc2)/C1=C/C1C=CC=CN1.C/C=C\c1c(C)ccc2c1c1cc(-c3ccc(C)cc3)ccc1n2-c1ccccc1. The van der Waals surface area contributed by atoms with Crippen molar-refractivity contribution in [1.29, 1.82) is 0 Å². The molecule has 0 spiro atoms. The van der Waals surface area contributed by atoms with Gasteiger partial charge in [0, 0.05) is 16.5 Å². The van der Waals surface area contributed by atoms with Crippen LogP contribution in [0.3, 0.4) is 0 Å². The van der Waals surface area contributed by atoms with Gasteiger partial charge in [0.1, 0.15) is 0 Å². The molecule has 2 nitrogen and oxygen atoms in total. The molecule has 2 aliphatic carbocycles. The molecule has 1 aliphatic heterocycles. The molecule has 10 rings (SSSR count). The van der Waals surface area contributed by atoms with E-state index in [4.69, 9.17) is 0 Å². The minimum Gasteiger partial charge on any atom is -0.381 e. The van der Waals surface area contributed by atoms with Gasteiger partial charge < -0.3 is 9.88 Å². The smallest absolute Gasteiger partial charge is 0.0674 e. The molecule has 1 N–H and O–H groups in total. The summed E-state index contributed by atoms with van der Waals surface area (Å²) in [5.41, 5.74) is 18.0. The molecular formula is C60H54N2. The number of benzene rings is 6. The normalized spacial score (nSPS) is 18.0. The van der Waals surface area contributed by atoms with Gasteiger partial charge in [-0.3, -0.25) is 0 Å². The van der Waals surface area contributed by atoms with Crippen molar-refractivity contribution in [1.82, 2.24) is 9.88 Å². The van der Waals surface area contributed by atoms with E-state index in [1.54, 1.807) is 0 Å². The number of hydrogen-bond donors (Lipinski definition) is 1. The first-order valence-corrected chi connectivity index (χ1v) is 22.0. The van der Waals surface area contributed by atoms with Gasteiger partial charge in [-0.25, -0.2) is 0 Å². The van der Waals surface area contributed by atoms with Crippen LogP contribution >= 0.6 is 0 Å². The van der Waals surface area contributed by atoms with Crippen molar-refractivity contribution in [3.8, 4) is 16.8 Å². The fourth-order valence-electron chi connectivity index (χ4n) is 9.75. The summed E-state index contributed by atoms with van der Waals surface area (Å²) < 4.78 is 2.38. The quantitative estimate of drug-likeness (QED) is 0.170. The number of dihydropyridines is 1. The Hall–Kier alpha value is -7.16. The van der Waals surface area contributed by atoms with E-state index in [-0.39, 0.29) is 11.5 Å². The Morgan fingerprint density at radius 3 is 2.03 bits per heavy atom. The molecule has 2 heterocycles. The molecule has 1 aromatic heterocycles. The third kappa shape index (κ3) is 7.37. The van der Waals surface area contributed by atoms with Gasteiger partial charge in [-0.2, -0.15) is 0 Å². The van der Waals surface area contributed by atoms with E-state index < -0.39 is 0 Å². The van der Waals surface area contributed by atoms with Crippen LogP contribution in [-0.2, 0) is 5.41 Å². The van der Waals surface area contributed by atoms with E-state index in [1.165, 1.54) is 88.7 Å². The first-order valence-electron chi connectivity index (χ1n) is 22.0. The van der Waals surface area contributed by atoms with Crippen LogP contribution in [0.2, 0.25) is 0 Å². The maximum absolute atomic E-state index is 3.52. The molecule has 0 saturated carbocycles. The van der Waals surface area contributed by atoms with Crippen LogP contribution in [0, 0.1) is 13.8 Å². The van der Waals surface area contributed by atoms with Gasteiger partial charge in [0.2, 0.25) is 0 Å². The summed E-state index contributed by atoms with van der Waals surface area (Å²) in [6.07, 6.45) is 28.7. The molecule has 1 atom stereocenters. The monoisotopic (exact) mass is 802 g/mol. The van der Waals surface area contributed by atoms with Gasteiger partial charge in [-0.15, -0.1) is 0 Å². The van der Waals surface area contributed by atoms with Gasteiger partial charge >= 0.3 is 0 Å². The van der Waals surface area contributed by atoms with Crippen molar-refractivity contribution in [3.63, 3.8) is 0 Å². The first kappa shape index (κ1) is 40.3.